The van der Waals surface area contributed by atoms with Crippen LogP contribution in [-0.4, -0.2) is 37.9 Å². The summed E-state index contributed by atoms with van der Waals surface area (Å²) in [5.41, 5.74) is 2.74. The first-order valence-corrected chi connectivity index (χ1v) is 12.4. The van der Waals surface area contributed by atoms with Crippen molar-refractivity contribution in [3.63, 3.8) is 0 Å². The molecule has 0 aliphatic carbocycles. The second-order valence-corrected chi connectivity index (χ2v) is 9.31. The van der Waals surface area contributed by atoms with Gasteiger partial charge in [-0.1, -0.05) is 41.4 Å². The lowest BCUT2D eigenvalue weighted by molar-refractivity contribution is -0.120. The average molecular weight is 568 g/mol. The van der Waals surface area contributed by atoms with E-state index in [0.29, 0.717) is 27.7 Å². The Bertz CT molecular complexity index is 1520. The Balaban J connectivity index is 1.44. The number of amides is 3. The molecule has 0 saturated heterocycles. The number of carbonyl (C=O) groups excluding carboxylic acids is 4. The number of anilines is 3. The molecule has 200 valence electrons. The topological polar surface area (TPSA) is 114 Å². The lowest BCUT2D eigenvalue weighted by atomic mass is 10.1. The minimum Gasteiger partial charge on any atom is -0.495 e. The van der Waals surface area contributed by atoms with Crippen LogP contribution in [0.5, 0.6) is 5.75 Å². The highest BCUT2D eigenvalue weighted by Gasteiger charge is 2.39. The number of aryl methyl sites for hydroxylation is 1. The van der Waals surface area contributed by atoms with Gasteiger partial charge >= 0.3 is 5.97 Å². The molecule has 11 heteroatoms. The fourth-order valence-corrected chi connectivity index (χ4v) is 4.26. The SMILES string of the molecule is COC(=O)c1cccc(N2C(=O)C(Cl)=C(Nc3ccc(CC(=O)Nc4cc(C)c(Cl)cc4OC)cc3)C2=O)c1. The van der Waals surface area contributed by atoms with E-state index >= 15 is 0 Å². The zero-order chi connectivity index (χ0) is 28.3. The molecule has 0 atom stereocenters. The third-order valence-electron chi connectivity index (χ3n) is 5.90. The molecule has 1 aliphatic rings. The summed E-state index contributed by atoms with van der Waals surface area (Å²) >= 11 is 12.3. The van der Waals surface area contributed by atoms with Gasteiger partial charge in [0.15, 0.2) is 0 Å². The molecule has 1 heterocycles. The highest BCUT2D eigenvalue weighted by atomic mass is 35.5. The van der Waals surface area contributed by atoms with Crippen molar-refractivity contribution in [2.24, 2.45) is 0 Å². The smallest absolute Gasteiger partial charge is 0.337 e. The number of carbonyl (C=O) groups is 4. The van der Waals surface area contributed by atoms with Crippen LogP contribution >= 0.6 is 23.2 Å². The summed E-state index contributed by atoms with van der Waals surface area (Å²) in [6.45, 7) is 1.83. The quantitative estimate of drug-likeness (QED) is 0.289. The second kappa shape index (κ2) is 11.6. The van der Waals surface area contributed by atoms with Gasteiger partial charge in [-0.2, -0.15) is 0 Å². The second-order valence-electron chi connectivity index (χ2n) is 8.53. The molecule has 4 rings (SSSR count). The maximum atomic E-state index is 13.1. The van der Waals surface area contributed by atoms with Crippen LogP contribution < -0.4 is 20.3 Å². The van der Waals surface area contributed by atoms with Crippen LogP contribution in [0.15, 0.2) is 71.4 Å². The van der Waals surface area contributed by atoms with E-state index in [1.54, 1.807) is 36.4 Å². The molecular weight excluding hydrogens is 545 g/mol. The van der Waals surface area contributed by atoms with E-state index in [1.165, 1.54) is 38.5 Å². The van der Waals surface area contributed by atoms with Crippen LogP contribution in [-0.2, 0) is 25.5 Å². The zero-order valence-electron chi connectivity index (χ0n) is 21.1. The van der Waals surface area contributed by atoms with Crippen molar-refractivity contribution in [3.05, 3.63) is 93.1 Å². The standard InChI is InChI=1S/C28H23Cl2N3O6/c1-15-11-21(22(38-2)14-20(15)29)32-23(34)12-16-7-9-18(10-8-16)31-25-24(30)26(35)33(27(25)36)19-6-4-5-17(13-19)28(37)39-3/h4-11,13-14,31H,12H2,1-3H3,(H,32,34). The van der Waals surface area contributed by atoms with Gasteiger partial charge in [0.25, 0.3) is 11.8 Å². The monoisotopic (exact) mass is 567 g/mol. The number of esters is 1. The van der Waals surface area contributed by atoms with Crippen molar-refractivity contribution in [2.45, 2.75) is 13.3 Å². The summed E-state index contributed by atoms with van der Waals surface area (Å²) in [5.74, 6) is -1.83. The summed E-state index contributed by atoms with van der Waals surface area (Å²) in [5, 5.41) is 5.94. The molecule has 2 N–H and O–H groups in total. The van der Waals surface area contributed by atoms with Crippen molar-refractivity contribution in [3.8, 4) is 5.75 Å². The molecule has 0 saturated carbocycles. The van der Waals surface area contributed by atoms with Crippen molar-refractivity contribution in [1.82, 2.24) is 0 Å². The number of halogens is 2. The highest BCUT2D eigenvalue weighted by molar-refractivity contribution is 6.53. The predicted molar refractivity (Wildman–Crippen MR) is 148 cm³/mol. The van der Waals surface area contributed by atoms with E-state index in [-0.39, 0.29) is 34.3 Å². The molecule has 0 spiro atoms. The first-order valence-electron chi connectivity index (χ1n) is 11.6. The van der Waals surface area contributed by atoms with Crippen LogP contribution in [0.4, 0.5) is 17.1 Å². The van der Waals surface area contributed by atoms with E-state index in [9.17, 15) is 19.2 Å². The third kappa shape index (κ3) is 5.89. The molecular formula is C28H23Cl2N3O6. The van der Waals surface area contributed by atoms with Crippen molar-refractivity contribution < 1.29 is 28.7 Å². The molecule has 3 aromatic rings. The fourth-order valence-electron chi connectivity index (χ4n) is 3.90. The molecule has 0 fully saturated rings. The summed E-state index contributed by atoms with van der Waals surface area (Å²) in [4.78, 5) is 51.2. The van der Waals surface area contributed by atoms with Crippen LogP contribution in [0.3, 0.4) is 0 Å². The molecule has 0 unspecified atom stereocenters. The number of methoxy groups -OCH3 is 2. The summed E-state index contributed by atoms with van der Waals surface area (Å²) in [6.07, 6.45) is 0.0797. The Morgan fingerprint density at radius 1 is 0.949 bits per heavy atom. The third-order valence-corrected chi connectivity index (χ3v) is 6.65. The van der Waals surface area contributed by atoms with Crippen LogP contribution in [0.1, 0.15) is 21.5 Å². The van der Waals surface area contributed by atoms with Crippen molar-refractivity contribution >= 4 is 64.0 Å². The van der Waals surface area contributed by atoms with Gasteiger partial charge in [-0.15, -0.1) is 0 Å². The first kappa shape index (κ1) is 27.7. The Kier molecular flexibility index (Phi) is 8.23. The average Bonchev–Trinajstić information content (AvgIpc) is 3.13. The zero-order valence-corrected chi connectivity index (χ0v) is 22.6. The van der Waals surface area contributed by atoms with Gasteiger partial charge < -0.3 is 20.1 Å². The molecule has 0 bridgehead atoms. The number of rotatable bonds is 8. The maximum Gasteiger partial charge on any atom is 0.337 e. The summed E-state index contributed by atoms with van der Waals surface area (Å²) in [7, 11) is 2.72. The van der Waals surface area contributed by atoms with Gasteiger partial charge in [-0.3, -0.25) is 14.4 Å². The minimum atomic E-state index is -0.729. The molecule has 0 aromatic heterocycles. The van der Waals surface area contributed by atoms with E-state index in [4.69, 9.17) is 32.7 Å². The maximum absolute atomic E-state index is 13.1. The lowest BCUT2D eigenvalue weighted by Gasteiger charge is -2.16. The van der Waals surface area contributed by atoms with Gasteiger partial charge in [0.2, 0.25) is 5.91 Å². The number of benzene rings is 3. The van der Waals surface area contributed by atoms with Gasteiger partial charge in [0, 0.05) is 16.8 Å². The van der Waals surface area contributed by atoms with Gasteiger partial charge in [0.1, 0.15) is 16.5 Å². The fraction of sp³-hybridized carbons (Fsp3) is 0.143. The Hall–Kier alpha value is -4.34. The molecule has 1 aliphatic heterocycles. The summed E-state index contributed by atoms with van der Waals surface area (Å²) < 4.78 is 10.00. The number of nitrogens with zero attached hydrogens (tertiary/aromatic N) is 1. The van der Waals surface area contributed by atoms with Gasteiger partial charge in [0.05, 0.1) is 37.6 Å². The first-order chi connectivity index (χ1) is 18.6. The number of hydrogen-bond acceptors (Lipinski definition) is 7. The normalized spacial score (nSPS) is 13.0. The molecule has 0 radical (unpaired) electrons. The lowest BCUT2D eigenvalue weighted by Crippen LogP contribution is -2.32. The van der Waals surface area contributed by atoms with Crippen molar-refractivity contribution in [1.29, 1.82) is 0 Å². The highest BCUT2D eigenvalue weighted by Crippen LogP contribution is 2.32. The van der Waals surface area contributed by atoms with E-state index in [0.717, 1.165) is 10.5 Å². The largest absolute Gasteiger partial charge is 0.495 e. The Morgan fingerprint density at radius 3 is 2.33 bits per heavy atom. The Labute approximate surface area is 234 Å². The molecule has 9 nitrogen and oxygen atoms in total. The summed E-state index contributed by atoms with van der Waals surface area (Å²) in [6, 6.07) is 16.0. The van der Waals surface area contributed by atoms with Crippen LogP contribution in [0.25, 0.3) is 0 Å². The molecule has 3 aromatic carbocycles. The van der Waals surface area contributed by atoms with Gasteiger partial charge in [-0.25, -0.2) is 9.69 Å². The molecule has 39 heavy (non-hydrogen) atoms. The predicted octanol–water partition coefficient (Wildman–Crippen LogP) is 5.06. The molecule has 3 amide bonds. The van der Waals surface area contributed by atoms with Gasteiger partial charge in [-0.05, 0) is 54.4 Å². The minimum absolute atomic E-state index is 0.0797. The van der Waals surface area contributed by atoms with Crippen molar-refractivity contribution in [2.75, 3.05) is 29.8 Å². The van der Waals surface area contributed by atoms with E-state index in [1.807, 2.05) is 6.92 Å². The Morgan fingerprint density at radius 2 is 1.67 bits per heavy atom. The van der Waals surface area contributed by atoms with E-state index in [2.05, 4.69) is 10.6 Å². The van der Waals surface area contributed by atoms with Crippen LogP contribution in [0, 0.1) is 6.92 Å². The number of ether oxygens (including phenoxy) is 2. The van der Waals surface area contributed by atoms with Crippen LogP contribution in [0.2, 0.25) is 5.02 Å². The van der Waals surface area contributed by atoms with E-state index < -0.39 is 17.8 Å². The number of hydrogen-bond donors (Lipinski definition) is 2. The number of imide groups is 1. The number of nitrogens with one attached hydrogen (secondary N) is 2.